The van der Waals surface area contributed by atoms with Crippen molar-refractivity contribution in [1.29, 1.82) is 0 Å². The second-order valence-corrected chi connectivity index (χ2v) is 8.44. The smallest absolute Gasteiger partial charge is 0.408 e. The van der Waals surface area contributed by atoms with Crippen molar-refractivity contribution in [3.05, 3.63) is 29.3 Å². The second-order valence-electron chi connectivity index (χ2n) is 6.36. The van der Waals surface area contributed by atoms with Crippen molar-refractivity contribution in [2.75, 3.05) is 5.75 Å². The number of sulfone groups is 1. The zero-order chi connectivity index (χ0) is 17.4. The van der Waals surface area contributed by atoms with Gasteiger partial charge in [0.25, 0.3) is 0 Å². The average Bonchev–Trinajstić information content (AvgIpc) is 2.39. The molecule has 0 aromatic heterocycles. The Labute approximate surface area is 134 Å². The summed E-state index contributed by atoms with van der Waals surface area (Å²) in [5.41, 5.74) is -0.391. The van der Waals surface area contributed by atoms with E-state index in [9.17, 15) is 18.0 Å². The first-order valence-corrected chi connectivity index (χ1v) is 8.74. The summed E-state index contributed by atoms with van der Waals surface area (Å²) in [5.74, 6) is -1.37. The van der Waals surface area contributed by atoms with E-state index in [2.05, 4.69) is 5.32 Å². The Morgan fingerprint density at radius 1 is 1.30 bits per heavy atom. The van der Waals surface area contributed by atoms with Gasteiger partial charge >= 0.3 is 12.1 Å². The Morgan fingerprint density at radius 2 is 1.96 bits per heavy atom. The second kappa shape index (κ2) is 5.84. The Hall–Kier alpha value is -2.09. The number of carbonyl (C=O) groups excluding carboxylic acids is 1. The number of fused-ring (bicyclic) bond motifs is 1. The van der Waals surface area contributed by atoms with Gasteiger partial charge in [0.2, 0.25) is 0 Å². The summed E-state index contributed by atoms with van der Waals surface area (Å²) in [6, 6.07) is 3.35. The number of amides is 1. The summed E-state index contributed by atoms with van der Waals surface area (Å²) in [5, 5.41) is 11.7. The molecule has 1 atom stereocenters. The van der Waals surface area contributed by atoms with Gasteiger partial charge in [0.1, 0.15) is 5.60 Å². The van der Waals surface area contributed by atoms with E-state index in [1.54, 1.807) is 20.8 Å². The van der Waals surface area contributed by atoms with E-state index in [4.69, 9.17) is 9.84 Å². The third kappa shape index (κ3) is 4.01. The Kier molecular flexibility index (Phi) is 4.39. The molecule has 0 spiro atoms. The molecule has 1 aromatic rings. The average molecular weight is 341 g/mol. The van der Waals surface area contributed by atoms with Gasteiger partial charge in [0, 0.05) is 0 Å². The van der Waals surface area contributed by atoms with Crippen LogP contribution < -0.4 is 5.32 Å². The van der Waals surface area contributed by atoms with Crippen LogP contribution in [0.15, 0.2) is 23.1 Å². The SMILES string of the molecule is CC(C)(C)OC(=O)N[C@H]1CCS(=O)(=O)c2cc(C(=O)O)ccc21. The van der Waals surface area contributed by atoms with Crippen molar-refractivity contribution in [1.82, 2.24) is 5.32 Å². The number of hydrogen-bond acceptors (Lipinski definition) is 5. The predicted molar refractivity (Wildman–Crippen MR) is 82.2 cm³/mol. The molecule has 0 bridgehead atoms. The van der Waals surface area contributed by atoms with Crippen molar-refractivity contribution in [2.24, 2.45) is 0 Å². The highest BCUT2D eigenvalue weighted by Crippen LogP contribution is 2.33. The molecule has 23 heavy (non-hydrogen) atoms. The summed E-state index contributed by atoms with van der Waals surface area (Å²) in [6.07, 6.45) is -0.434. The van der Waals surface area contributed by atoms with Gasteiger partial charge in [-0.25, -0.2) is 18.0 Å². The van der Waals surface area contributed by atoms with Crippen LogP contribution in [0, 0.1) is 0 Å². The van der Waals surface area contributed by atoms with E-state index in [1.807, 2.05) is 0 Å². The van der Waals surface area contributed by atoms with Gasteiger partial charge in [-0.05, 0) is 44.9 Å². The molecule has 0 fully saturated rings. The van der Waals surface area contributed by atoms with Gasteiger partial charge in [0.05, 0.1) is 22.3 Å². The van der Waals surface area contributed by atoms with Crippen LogP contribution in [-0.4, -0.2) is 36.9 Å². The van der Waals surface area contributed by atoms with E-state index in [0.717, 1.165) is 6.07 Å². The van der Waals surface area contributed by atoms with Crippen LogP contribution in [0.4, 0.5) is 4.79 Å². The molecule has 0 saturated heterocycles. The van der Waals surface area contributed by atoms with Crippen molar-refractivity contribution in [3.8, 4) is 0 Å². The highest BCUT2D eigenvalue weighted by Gasteiger charge is 2.32. The van der Waals surface area contributed by atoms with Crippen LogP contribution in [0.5, 0.6) is 0 Å². The number of nitrogens with one attached hydrogen (secondary N) is 1. The zero-order valence-corrected chi connectivity index (χ0v) is 13.9. The molecule has 1 aliphatic rings. The number of ether oxygens (including phenoxy) is 1. The van der Waals surface area contributed by atoms with E-state index in [1.165, 1.54) is 12.1 Å². The Bertz CT molecular complexity index is 748. The first-order chi connectivity index (χ1) is 10.5. The van der Waals surface area contributed by atoms with E-state index in [-0.39, 0.29) is 22.6 Å². The van der Waals surface area contributed by atoms with Gasteiger partial charge in [-0.3, -0.25) is 0 Å². The fourth-order valence-electron chi connectivity index (χ4n) is 2.36. The van der Waals surface area contributed by atoms with Crippen molar-refractivity contribution in [3.63, 3.8) is 0 Å². The summed E-state index contributed by atoms with van der Waals surface area (Å²) >= 11 is 0. The molecule has 1 amide bonds. The number of hydrogen-bond donors (Lipinski definition) is 2. The first kappa shape index (κ1) is 17.3. The van der Waals surface area contributed by atoms with Crippen LogP contribution in [0.25, 0.3) is 0 Å². The maximum absolute atomic E-state index is 12.2. The van der Waals surface area contributed by atoms with Gasteiger partial charge in [0.15, 0.2) is 9.84 Å². The van der Waals surface area contributed by atoms with Crippen molar-refractivity contribution >= 4 is 21.9 Å². The van der Waals surface area contributed by atoms with Crippen LogP contribution in [0.3, 0.4) is 0 Å². The van der Waals surface area contributed by atoms with Gasteiger partial charge in [-0.15, -0.1) is 0 Å². The molecular weight excluding hydrogens is 322 g/mol. The molecule has 1 heterocycles. The molecule has 0 unspecified atom stereocenters. The zero-order valence-electron chi connectivity index (χ0n) is 13.1. The summed E-state index contributed by atoms with van der Waals surface area (Å²) < 4.78 is 29.5. The molecule has 0 aliphatic carbocycles. The third-order valence-electron chi connectivity index (χ3n) is 3.34. The number of aromatic carboxylic acids is 1. The minimum atomic E-state index is -3.56. The molecule has 7 nitrogen and oxygen atoms in total. The van der Waals surface area contributed by atoms with Crippen LogP contribution in [0.2, 0.25) is 0 Å². The molecule has 126 valence electrons. The number of carboxylic acids is 1. The maximum atomic E-state index is 12.2. The minimum Gasteiger partial charge on any atom is -0.478 e. The van der Waals surface area contributed by atoms with Crippen LogP contribution >= 0.6 is 0 Å². The molecule has 2 N–H and O–H groups in total. The molecule has 2 rings (SSSR count). The number of benzene rings is 1. The highest BCUT2D eigenvalue weighted by molar-refractivity contribution is 7.91. The highest BCUT2D eigenvalue weighted by atomic mass is 32.2. The lowest BCUT2D eigenvalue weighted by atomic mass is 10.0. The Morgan fingerprint density at radius 3 is 2.52 bits per heavy atom. The number of carboxylic acid groups (broad SMARTS) is 1. The fraction of sp³-hybridized carbons (Fsp3) is 0.467. The predicted octanol–water partition coefficient (Wildman–Crippen LogP) is 2.13. The van der Waals surface area contributed by atoms with Gasteiger partial charge in [-0.2, -0.15) is 0 Å². The summed E-state index contributed by atoms with van der Waals surface area (Å²) in [4.78, 5) is 22.9. The van der Waals surface area contributed by atoms with E-state index >= 15 is 0 Å². The molecule has 0 saturated carbocycles. The maximum Gasteiger partial charge on any atom is 0.408 e. The lowest BCUT2D eigenvalue weighted by molar-refractivity contribution is 0.0500. The summed E-state index contributed by atoms with van der Waals surface area (Å²) in [6.45, 7) is 5.18. The van der Waals surface area contributed by atoms with Crippen LogP contribution in [-0.2, 0) is 14.6 Å². The molecule has 1 aliphatic heterocycles. The van der Waals surface area contributed by atoms with E-state index in [0.29, 0.717) is 5.56 Å². The fourth-order valence-corrected chi connectivity index (χ4v) is 4.00. The first-order valence-electron chi connectivity index (χ1n) is 7.09. The lowest BCUT2D eigenvalue weighted by Gasteiger charge is -2.28. The normalized spacial score (nSPS) is 19.5. The van der Waals surface area contributed by atoms with Crippen molar-refractivity contribution in [2.45, 2.75) is 43.7 Å². The van der Waals surface area contributed by atoms with E-state index < -0.39 is 33.5 Å². The van der Waals surface area contributed by atoms with Gasteiger partial charge < -0.3 is 15.2 Å². The monoisotopic (exact) mass is 341 g/mol. The minimum absolute atomic E-state index is 0.0512. The third-order valence-corrected chi connectivity index (χ3v) is 5.13. The number of alkyl carbamates (subject to hydrolysis) is 1. The molecule has 1 aromatic carbocycles. The topological polar surface area (TPSA) is 110 Å². The quantitative estimate of drug-likeness (QED) is 0.853. The lowest BCUT2D eigenvalue weighted by Crippen LogP contribution is -2.37. The molecule has 0 radical (unpaired) electrons. The standard InChI is InChI=1S/C15H19NO6S/c1-15(2,3)22-14(19)16-11-6-7-23(20,21)12-8-9(13(17)18)4-5-10(11)12/h4-5,8,11H,6-7H2,1-3H3,(H,16,19)(H,17,18)/t11-/m0/s1. The number of rotatable bonds is 2. The number of carbonyl (C=O) groups is 2. The van der Waals surface area contributed by atoms with Crippen molar-refractivity contribution < 1.29 is 27.9 Å². The largest absolute Gasteiger partial charge is 0.478 e. The molecule has 8 heteroatoms. The molecular formula is C15H19NO6S. The summed E-state index contributed by atoms with van der Waals surface area (Å²) in [7, 11) is -3.56. The van der Waals surface area contributed by atoms with Crippen LogP contribution in [0.1, 0.15) is 49.2 Å². The van der Waals surface area contributed by atoms with Gasteiger partial charge in [-0.1, -0.05) is 6.07 Å². The Balaban J connectivity index is 2.34.